The maximum atomic E-state index is 12.2. The Labute approximate surface area is 121 Å². The lowest BCUT2D eigenvalue weighted by atomic mass is 9.95. The molecule has 0 aliphatic heterocycles. The topological polar surface area (TPSA) is 110 Å². The van der Waals surface area contributed by atoms with Crippen LogP contribution >= 0.6 is 0 Å². The molecule has 112 valence electrons. The maximum Gasteiger partial charge on any atom is 0.307 e. The predicted octanol–water partition coefficient (Wildman–Crippen LogP) is 2.34. The number of anilines is 1. The minimum atomic E-state index is -0.969. The number of amides is 1. The molecule has 0 unspecified atom stereocenters. The second-order valence-corrected chi connectivity index (χ2v) is 5.23. The van der Waals surface area contributed by atoms with Gasteiger partial charge in [0.1, 0.15) is 0 Å². The molecule has 2 atom stereocenters. The van der Waals surface area contributed by atoms with Crippen LogP contribution in [0.1, 0.15) is 24.8 Å². The number of nitro benzene ring substituents is 1. The Morgan fingerprint density at radius 2 is 2.00 bits per heavy atom. The van der Waals surface area contributed by atoms with Crippen molar-refractivity contribution in [3.63, 3.8) is 0 Å². The van der Waals surface area contributed by atoms with Crippen molar-refractivity contribution in [2.24, 2.45) is 11.8 Å². The van der Waals surface area contributed by atoms with Crippen molar-refractivity contribution in [1.82, 2.24) is 0 Å². The van der Waals surface area contributed by atoms with E-state index in [4.69, 9.17) is 5.11 Å². The number of aliphatic carboxylic acids is 1. The van der Waals surface area contributed by atoms with Gasteiger partial charge >= 0.3 is 5.97 Å². The zero-order valence-corrected chi connectivity index (χ0v) is 11.5. The molecule has 1 saturated carbocycles. The average Bonchev–Trinajstić information content (AvgIpc) is 2.90. The Hall–Kier alpha value is -2.44. The summed E-state index contributed by atoms with van der Waals surface area (Å²) in [6.07, 6.45) is 1.71. The quantitative estimate of drug-likeness (QED) is 0.653. The minimum absolute atomic E-state index is 0.114. The van der Waals surface area contributed by atoms with Crippen molar-refractivity contribution >= 4 is 23.3 Å². The van der Waals surface area contributed by atoms with Gasteiger partial charge < -0.3 is 10.4 Å². The lowest BCUT2D eigenvalue weighted by molar-refractivity contribution is -0.384. The molecule has 2 rings (SSSR count). The van der Waals surface area contributed by atoms with Gasteiger partial charge in [-0.15, -0.1) is 0 Å². The van der Waals surface area contributed by atoms with E-state index in [1.54, 1.807) is 13.0 Å². The van der Waals surface area contributed by atoms with Crippen LogP contribution < -0.4 is 5.32 Å². The van der Waals surface area contributed by atoms with E-state index in [1.807, 2.05) is 0 Å². The molecule has 1 amide bonds. The lowest BCUT2D eigenvalue weighted by Gasteiger charge is -2.16. The predicted molar refractivity (Wildman–Crippen MR) is 74.9 cm³/mol. The van der Waals surface area contributed by atoms with Crippen molar-refractivity contribution < 1.29 is 19.6 Å². The van der Waals surface area contributed by atoms with Crippen LogP contribution in [0.15, 0.2) is 18.2 Å². The molecule has 0 radical (unpaired) electrons. The number of non-ortho nitro benzene ring substituents is 1. The fourth-order valence-corrected chi connectivity index (χ4v) is 2.65. The fourth-order valence-electron chi connectivity index (χ4n) is 2.65. The number of carbonyl (C=O) groups excluding carboxylic acids is 1. The first-order chi connectivity index (χ1) is 9.90. The molecule has 0 aromatic heterocycles. The molecule has 21 heavy (non-hydrogen) atoms. The zero-order chi connectivity index (χ0) is 15.6. The fraction of sp³-hybridized carbons (Fsp3) is 0.429. The van der Waals surface area contributed by atoms with Gasteiger partial charge in [0.25, 0.3) is 5.69 Å². The van der Waals surface area contributed by atoms with Gasteiger partial charge in [-0.05, 0) is 25.3 Å². The minimum Gasteiger partial charge on any atom is -0.481 e. The standard InChI is InChI=1S/C14H16N2O5/c1-8-5-6-9(16(20)21)7-12(8)15-13(17)10-3-2-4-11(10)14(18)19/h5-7,10-11H,2-4H2,1H3,(H,15,17)(H,18,19)/t10-,11+/m1/s1. The third-order valence-electron chi connectivity index (χ3n) is 3.86. The van der Waals surface area contributed by atoms with Gasteiger partial charge in [-0.25, -0.2) is 0 Å². The summed E-state index contributed by atoms with van der Waals surface area (Å²) in [5, 5.41) is 22.5. The monoisotopic (exact) mass is 292 g/mol. The number of nitrogens with one attached hydrogen (secondary N) is 1. The number of hydrogen-bond donors (Lipinski definition) is 2. The third-order valence-corrected chi connectivity index (χ3v) is 3.86. The van der Waals surface area contributed by atoms with Crippen LogP contribution in [0.5, 0.6) is 0 Å². The molecule has 1 aliphatic rings. The lowest BCUT2D eigenvalue weighted by Crippen LogP contribution is -2.30. The zero-order valence-electron chi connectivity index (χ0n) is 11.5. The molecule has 0 saturated heterocycles. The van der Waals surface area contributed by atoms with Crippen molar-refractivity contribution in [2.75, 3.05) is 5.32 Å². The number of carboxylic acid groups (broad SMARTS) is 1. The van der Waals surface area contributed by atoms with E-state index < -0.39 is 22.7 Å². The van der Waals surface area contributed by atoms with Gasteiger partial charge in [0, 0.05) is 12.1 Å². The smallest absolute Gasteiger partial charge is 0.307 e. The highest BCUT2D eigenvalue weighted by atomic mass is 16.6. The van der Waals surface area contributed by atoms with E-state index in [0.29, 0.717) is 30.5 Å². The summed E-state index contributed by atoms with van der Waals surface area (Å²) in [4.78, 5) is 33.6. The highest BCUT2D eigenvalue weighted by molar-refractivity contribution is 5.96. The third kappa shape index (κ3) is 3.18. The van der Waals surface area contributed by atoms with Crippen LogP contribution in [0.25, 0.3) is 0 Å². The van der Waals surface area contributed by atoms with E-state index in [-0.39, 0.29) is 11.6 Å². The number of carboxylic acids is 1. The first kappa shape index (κ1) is 15.0. The van der Waals surface area contributed by atoms with Crippen LogP contribution in [0.4, 0.5) is 11.4 Å². The van der Waals surface area contributed by atoms with E-state index in [9.17, 15) is 19.7 Å². The molecule has 2 N–H and O–H groups in total. The first-order valence-electron chi connectivity index (χ1n) is 6.69. The summed E-state index contributed by atoms with van der Waals surface area (Å²) in [6, 6.07) is 4.20. The van der Waals surface area contributed by atoms with Crippen LogP contribution in [-0.4, -0.2) is 21.9 Å². The molecule has 0 bridgehead atoms. The summed E-state index contributed by atoms with van der Waals surface area (Å²) >= 11 is 0. The Morgan fingerprint density at radius 3 is 2.62 bits per heavy atom. The summed E-state index contributed by atoms with van der Waals surface area (Å²) in [5.41, 5.74) is 0.932. The molecule has 7 nitrogen and oxygen atoms in total. The Kier molecular flexibility index (Phi) is 4.21. The molecule has 0 heterocycles. The van der Waals surface area contributed by atoms with E-state index in [2.05, 4.69) is 5.32 Å². The number of carbonyl (C=O) groups is 2. The van der Waals surface area contributed by atoms with Crippen LogP contribution in [0, 0.1) is 28.9 Å². The number of nitro groups is 1. The number of benzene rings is 1. The summed E-state index contributed by atoms with van der Waals surface area (Å²) in [5.74, 6) is -2.61. The van der Waals surface area contributed by atoms with E-state index in [1.165, 1.54) is 12.1 Å². The van der Waals surface area contributed by atoms with Crippen LogP contribution in [0.3, 0.4) is 0 Å². The first-order valence-corrected chi connectivity index (χ1v) is 6.69. The SMILES string of the molecule is Cc1ccc([N+](=O)[O-])cc1NC(=O)[C@@H]1CCC[C@@H]1C(=O)O. The average molecular weight is 292 g/mol. The molecule has 7 heteroatoms. The number of nitrogens with zero attached hydrogens (tertiary/aromatic N) is 1. The molecule has 1 fully saturated rings. The summed E-state index contributed by atoms with van der Waals surface area (Å²) < 4.78 is 0. The molecule has 1 aromatic carbocycles. The summed E-state index contributed by atoms with van der Waals surface area (Å²) in [6.45, 7) is 1.72. The van der Waals surface area contributed by atoms with Gasteiger partial charge in [0.15, 0.2) is 0 Å². The molecule has 0 spiro atoms. The second-order valence-electron chi connectivity index (χ2n) is 5.23. The highest BCUT2D eigenvalue weighted by Gasteiger charge is 2.37. The number of aryl methyl sites for hydroxylation is 1. The van der Waals surface area contributed by atoms with Crippen molar-refractivity contribution in [1.29, 1.82) is 0 Å². The number of rotatable bonds is 4. The highest BCUT2D eigenvalue weighted by Crippen LogP contribution is 2.33. The molecule has 1 aromatic rings. The molecular formula is C14H16N2O5. The van der Waals surface area contributed by atoms with Gasteiger partial charge in [0.2, 0.25) is 5.91 Å². The van der Waals surface area contributed by atoms with Crippen LogP contribution in [0.2, 0.25) is 0 Å². The van der Waals surface area contributed by atoms with Crippen molar-refractivity contribution in [2.45, 2.75) is 26.2 Å². The van der Waals surface area contributed by atoms with E-state index in [0.717, 1.165) is 0 Å². The van der Waals surface area contributed by atoms with Crippen LogP contribution in [-0.2, 0) is 9.59 Å². The van der Waals surface area contributed by atoms with Crippen molar-refractivity contribution in [3.05, 3.63) is 33.9 Å². The van der Waals surface area contributed by atoms with Gasteiger partial charge in [0.05, 0.1) is 22.4 Å². The molecule has 1 aliphatic carbocycles. The largest absolute Gasteiger partial charge is 0.481 e. The van der Waals surface area contributed by atoms with Gasteiger partial charge in [-0.2, -0.15) is 0 Å². The van der Waals surface area contributed by atoms with Crippen molar-refractivity contribution in [3.8, 4) is 0 Å². The maximum absolute atomic E-state index is 12.2. The molecular weight excluding hydrogens is 276 g/mol. The van der Waals surface area contributed by atoms with Gasteiger partial charge in [-0.1, -0.05) is 12.5 Å². The Morgan fingerprint density at radius 1 is 1.33 bits per heavy atom. The van der Waals surface area contributed by atoms with E-state index >= 15 is 0 Å². The number of hydrogen-bond acceptors (Lipinski definition) is 4. The second kappa shape index (κ2) is 5.90. The summed E-state index contributed by atoms with van der Waals surface area (Å²) in [7, 11) is 0. The van der Waals surface area contributed by atoms with Gasteiger partial charge in [-0.3, -0.25) is 19.7 Å². The normalized spacial score (nSPS) is 21.0. The Balaban J connectivity index is 2.18. The Bertz CT molecular complexity index is 599.